The van der Waals surface area contributed by atoms with E-state index in [2.05, 4.69) is 46.4 Å². The molecule has 0 fully saturated rings. The predicted molar refractivity (Wildman–Crippen MR) is 113 cm³/mol. The highest BCUT2D eigenvalue weighted by Crippen LogP contribution is 2.44. The molecule has 0 aliphatic heterocycles. The normalized spacial score (nSPS) is 11.8. The van der Waals surface area contributed by atoms with Crippen LogP contribution in [0.4, 0.5) is 9.18 Å². The third-order valence-electron chi connectivity index (χ3n) is 5.11. The van der Waals surface area contributed by atoms with Crippen LogP contribution in [0.1, 0.15) is 34.6 Å². The number of carbonyl (C=O) groups is 1. The zero-order valence-corrected chi connectivity index (χ0v) is 16.6. The summed E-state index contributed by atoms with van der Waals surface area (Å²) < 4.78 is 18.6. The van der Waals surface area contributed by atoms with Gasteiger partial charge in [-0.2, -0.15) is 4.39 Å². The van der Waals surface area contributed by atoms with E-state index in [-0.39, 0.29) is 12.5 Å². The van der Waals surface area contributed by atoms with Crippen molar-refractivity contribution in [3.63, 3.8) is 0 Å². The zero-order valence-electron chi connectivity index (χ0n) is 16.6. The van der Waals surface area contributed by atoms with E-state index in [1.807, 2.05) is 24.3 Å². The van der Waals surface area contributed by atoms with Gasteiger partial charge in [0.05, 0.1) is 0 Å². The lowest BCUT2D eigenvalue weighted by molar-refractivity contribution is 0.143. The molecule has 4 nitrogen and oxygen atoms in total. The van der Waals surface area contributed by atoms with Crippen molar-refractivity contribution >= 4 is 6.09 Å². The number of halogens is 1. The van der Waals surface area contributed by atoms with Gasteiger partial charge in [-0.3, -0.25) is 0 Å². The Hall–Kier alpha value is -3.65. The van der Waals surface area contributed by atoms with Crippen LogP contribution in [-0.4, -0.2) is 24.2 Å². The van der Waals surface area contributed by atoms with E-state index >= 15 is 0 Å². The summed E-state index contributed by atoms with van der Waals surface area (Å²) >= 11 is 0. The maximum Gasteiger partial charge on any atom is 0.407 e. The number of hydrogen-bond donors (Lipinski definition) is 1. The number of nitrogens with one attached hydrogen (secondary N) is 1. The Kier molecular flexibility index (Phi) is 5.76. The quantitative estimate of drug-likeness (QED) is 0.388. The van der Waals surface area contributed by atoms with Crippen LogP contribution < -0.4 is 5.32 Å². The molecule has 0 spiro atoms. The lowest BCUT2D eigenvalue weighted by Gasteiger charge is -2.14. The van der Waals surface area contributed by atoms with Gasteiger partial charge < -0.3 is 10.1 Å². The summed E-state index contributed by atoms with van der Waals surface area (Å²) in [6.45, 7) is 2.30. The van der Waals surface area contributed by atoms with Crippen LogP contribution in [-0.2, 0) is 4.74 Å². The molecule has 0 unspecified atom stereocenters. The number of aryl methyl sites for hydroxylation is 1. The van der Waals surface area contributed by atoms with Crippen molar-refractivity contribution in [2.24, 2.45) is 0 Å². The smallest absolute Gasteiger partial charge is 0.407 e. The summed E-state index contributed by atoms with van der Waals surface area (Å²) in [7, 11) is 0. The summed E-state index contributed by atoms with van der Waals surface area (Å²) in [4.78, 5) is 15.7. The number of amides is 1. The van der Waals surface area contributed by atoms with E-state index in [1.54, 1.807) is 13.0 Å². The number of pyridine rings is 1. The van der Waals surface area contributed by atoms with E-state index < -0.39 is 12.0 Å². The van der Waals surface area contributed by atoms with Gasteiger partial charge in [0.25, 0.3) is 0 Å². The van der Waals surface area contributed by atoms with E-state index in [1.165, 1.54) is 28.5 Å². The molecule has 0 saturated heterocycles. The van der Waals surface area contributed by atoms with Gasteiger partial charge in [0, 0.05) is 36.2 Å². The van der Waals surface area contributed by atoms with Gasteiger partial charge in [-0.1, -0.05) is 60.4 Å². The molecule has 1 amide bonds. The van der Waals surface area contributed by atoms with Crippen molar-refractivity contribution in [1.29, 1.82) is 0 Å². The molecule has 0 saturated carbocycles. The minimum atomic E-state index is -0.488. The molecule has 1 N–H and O–H groups in total. The highest BCUT2D eigenvalue weighted by Gasteiger charge is 2.28. The average molecular weight is 400 g/mol. The Morgan fingerprint density at radius 1 is 1.13 bits per heavy atom. The van der Waals surface area contributed by atoms with Gasteiger partial charge in [0.2, 0.25) is 5.95 Å². The molecule has 1 aliphatic carbocycles. The van der Waals surface area contributed by atoms with E-state index in [0.717, 1.165) is 0 Å². The number of carbonyl (C=O) groups excluding carboxylic acids is 1. The number of fused-ring (bicyclic) bond motifs is 3. The zero-order chi connectivity index (χ0) is 20.9. The number of ether oxygens (including phenoxy) is 1. The molecule has 0 atom stereocenters. The van der Waals surface area contributed by atoms with Gasteiger partial charge in [-0.15, -0.1) is 0 Å². The molecule has 0 bridgehead atoms. The summed E-state index contributed by atoms with van der Waals surface area (Å²) in [6.07, 6.45) is 1.40. The molecule has 1 aromatic heterocycles. The van der Waals surface area contributed by atoms with Gasteiger partial charge in [0.1, 0.15) is 6.61 Å². The van der Waals surface area contributed by atoms with Crippen molar-refractivity contribution in [2.75, 3.05) is 13.2 Å². The van der Waals surface area contributed by atoms with Gasteiger partial charge in [-0.25, -0.2) is 9.78 Å². The molecule has 2 aromatic carbocycles. The van der Waals surface area contributed by atoms with E-state index in [4.69, 9.17) is 4.74 Å². The van der Waals surface area contributed by atoms with Crippen LogP contribution in [0.25, 0.3) is 11.1 Å². The van der Waals surface area contributed by atoms with Crippen LogP contribution in [0.3, 0.4) is 0 Å². The Morgan fingerprint density at radius 2 is 1.80 bits per heavy atom. The highest BCUT2D eigenvalue weighted by atomic mass is 19.1. The Bertz CT molecular complexity index is 1100. The second kappa shape index (κ2) is 8.79. The molecule has 150 valence electrons. The Balaban J connectivity index is 1.29. The molecule has 3 aromatic rings. The Labute approximate surface area is 175 Å². The first-order chi connectivity index (χ1) is 14.6. The lowest BCUT2D eigenvalue weighted by atomic mass is 9.98. The maximum absolute atomic E-state index is 13.2. The first-order valence-electron chi connectivity index (χ1n) is 9.83. The van der Waals surface area contributed by atoms with Crippen LogP contribution in [0, 0.1) is 24.7 Å². The summed E-state index contributed by atoms with van der Waals surface area (Å²) in [5.41, 5.74) is 5.86. The van der Waals surface area contributed by atoms with Crippen molar-refractivity contribution in [3.05, 3.63) is 89.0 Å². The van der Waals surface area contributed by atoms with Crippen LogP contribution in [0.2, 0.25) is 0 Å². The fourth-order valence-corrected chi connectivity index (χ4v) is 3.67. The second-order valence-electron chi connectivity index (χ2n) is 7.14. The monoisotopic (exact) mass is 400 g/mol. The largest absolute Gasteiger partial charge is 0.449 e. The molecule has 1 heterocycles. The minimum Gasteiger partial charge on any atom is -0.449 e. The molecule has 30 heavy (non-hydrogen) atoms. The second-order valence-corrected chi connectivity index (χ2v) is 7.14. The molecular weight excluding hydrogens is 379 g/mol. The van der Waals surface area contributed by atoms with Crippen molar-refractivity contribution < 1.29 is 13.9 Å². The first-order valence-corrected chi connectivity index (χ1v) is 9.83. The highest BCUT2D eigenvalue weighted by molar-refractivity contribution is 5.79. The standard InChI is InChI=1S/C25H21FN2O2/c1-17-14-18(15-28-24(17)26)8-6-7-13-27-25(29)30-16-23-21-11-4-2-9-19(21)20-10-3-5-12-22(20)23/h2-5,9-12,14-15,23H,7,13,16H2,1H3,(H,27,29). The van der Waals surface area contributed by atoms with E-state index in [0.29, 0.717) is 24.1 Å². The van der Waals surface area contributed by atoms with Crippen molar-refractivity contribution in [1.82, 2.24) is 10.3 Å². The summed E-state index contributed by atoms with van der Waals surface area (Å²) in [5, 5.41) is 2.72. The first kappa shape index (κ1) is 19.7. The molecule has 5 heteroatoms. The van der Waals surface area contributed by atoms with Crippen LogP contribution in [0.5, 0.6) is 0 Å². The maximum atomic E-state index is 13.2. The summed E-state index contributed by atoms with van der Waals surface area (Å²) in [6, 6.07) is 18.1. The van der Waals surface area contributed by atoms with Gasteiger partial charge >= 0.3 is 6.09 Å². The molecule has 4 rings (SSSR count). The molecule has 1 aliphatic rings. The van der Waals surface area contributed by atoms with Crippen LogP contribution in [0.15, 0.2) is 60.8 Å². The number of nitrogens with zero attached hydrogens (tertiary/aromatic N) is 1. The predicted octanol–water partition coefficient (Wildman–Crippen LogP) is 4.81. The number of hydrogen-bond acceptors (Lipinski definition) is 3. The fourth-order valence-electron chi connectivity index (χ4n) is 3.67. The number of aromatic nitrogens is 1. The number of alkyl carbamates (subject to hydrolysis) is 1. The molecular formula is C25H21FN2O2. The molecule has 0 radical (unpaired) electrons. The third-order valence-corrected chi connectivity index (χ3v) is 5.11. The van der Waals surface area contributed by atoms with E-state index in [9.17, 15) is 9.18 Å². The fraction of sp³-hybridized carbons (Fsp3) is 0.200. The van der Waals surface area contributed by atoms with Crippen molar-refractivity contribution in [3.8, 4) is 23.0 Å². The summed E-state index contributed by atoms with van der Waals surface area (Å²) in [5.74, 6) is 5.41. The minimum absolute atomic E-state index is 0.0390. The Morgan fingerprint density at radius 3 is 2.47 bits per heavy atom. The number of benzene rings is 2. The topological polar surface area (TPSA) is 51.2 Å². The van der Waals surface area contributed by atoms with Crippen LogP contribution >= 0.6 is 0 Å². The van der Waals surface area contributed by atoms with Crippen molar-refractivity contribution in [2.45, 2.75) is 19.3 Å². The lowest BCUT2D eigenvalue weighted by Crippen LogP contribution is -2.26. The third kappa shape index (κ3) is 4.18. The van der Waals surface area contributed by atoms with Gasteiger partial charge in [0.15, 0.2) is 0 Å². The number of rotatable bonds is 4. The average Bonchev–Trinajstić information content (AvgIpc) is 3.08. The van der Waals surface area contributed by atoms with Gasteiger partial charge in [-0.05, 0) is 35.2 Å². The SMILES string of the molecule is Cc1cc(C#CCCNC(=O)OCC2c3ccccc3-c3ccccc32)cnc1F.